The highest BCUT2D eigenvalue weighted by Gasteiger charge is 2.55. The summed E-state index contributed by atoms with van der Waals surface area (Å²) in [5.41, 5.74) is -3.87. The summed E-state index contributed by atoms with van der Waals surface area (Å²) in [5.74, 6) is -5.77. The van der Waals surface area contributed by atoms with Gasteiger partial charge in [0, 0.05) is 0 Å². The Morgan fingerprint density at radius 3 is 2.20 bits per heavy atom. The smallest absolute Gasteiger partial charge is 0.347 e. The van der Waals surface area contributed by atoms with Crippen LogP contribution < -0.4 is 4.74 Å². The lowest BCUT2D eigenvalue weighted by Crippen LogP contribution is -2.58. The van der Waals surface area contributed by atoms with Crippen molar-refractivity contribution in [1.29, 1.82) is 0 Å². The number of aliphatic hydroxyl groups excluding tert-OH is 1. The van der Waals surface area contributed by atoms with Gasteiger partial charge in [-0.2, -0.15) is 0 Å². The van der Waals surface area contributed by atoms with Crippen molar-refractivity contribution in [3.05, 3.63) is 29.8 Å². The Morgan fingerprint density at radius 2 is 1.75 bits per heavy atom. The molecular formula is C12H12O8. The third-order valence-corrected chi connectivity index (χ3v) is 2.65. The van der Waals surface area contributed by atoms with Gasteiger partial charge in [-0.3, -0.25) is 4.79 Å². The Labute approximate surface area is 112 Å². The molecule has 0 fully saturated rings. The number of para-hydroxylation sites is 1. The monoisotopic (exact) mass is 284 g/mol. The van der Waals surface area contributed by atoms with Crippen LogP contribution in [0.15, 0.2) is 24.3 Å². The largest absolute Gasteiger partial charge is 0.496 e. The normalized spacial score (nSPS) is 14.9. The van der Waals surface area contributed by atoms with E-state index in [1.807, 2.05) is 0 Å². The van der Waals surface area contributed by atoms with Crippen molar-refractivity contribution in [1.82, 2.24) is 0 Å². The Kier molecular flexibility index (Phi) is 4.43. The molecule has 108 valence electrons. The molecule has 8 nitrogen and oxygen atoms in total. The number of methoxy groups -OCH3 is 1. The quantitative estimate of drug-likeness (QED) is 0.390. The van der Waals surface area contributed by atoms with Gasteiger partial charge in [0.05, 0.1) is 12.7 Å². The lowest BCUT2D eigenvalue weighted by molar-refractivity contribution is -0.175. The molecule has 0 amide bonds. The van der Waals surface area contributed by atoms with E-state index in [2.05, 4.69) is 0 Å². The first-order valence-corrected chi connectivity index (χ1v) is 5.31. The number of aliphatic hydroxyl groups is 2. The van der Waals surface area contributed by atoms with Crippen LogP contribution in [0.4, 0.5) is 0 Å². The number of hydrogen-bond acceptors (Lipinski definition) is 6. The second kappa shape index (κ2) is 5.68. The maximum atomic E-state index is 12.1. The van der Waals surface area contributed by atoms with E-state index in [1.165, 1.54) is 25.3 Å². The van der Waals surface area contributed by atoms with E-state index < -0.39 is 29.4 Å². The summed E-state index contributed by atoms with van der Waals surface area (Å²) >= 11 is 0. The van der Waals surface area contributed by atoms with Gasteiger partial charge in [-0.1, -0.05) is 12.1 Å². The number of Topliss-reactive ketones (excluding diaryl/α,β-unsaturated/α-hetero) is 1. The summed E-state index contributed by atoms with van der Waals surface area (Å²) in [5, 5.41) is 36.7. The lowest BCUT2D eigenvalue weighted by atomic mass is 9.87. The molecule has 0 saturated carbocycles. The van der Waals surface area contributed by atoms with E-state index in [-0.39, 0.29) is 11.3 Å². The van der Waals surface area contributed by atoms with E-state index in [0.717, 1.165) is 6.07 Å². The van der Waals surface area contributed by atoms with Crippen molar-refractivity contribution in [2.24, 2.45) is 0 Å². The number of aliphatic carboxylic acids is 2. The predicted octanol–water partition coefficient (Wildman–Crippen LogP) is -0.861. The average Bonchev–Trinajstić information content (AvgIpc) is 2.44. The number of ketones is 1. The van der Waals surface area contributed by atoms with Crippen LogP contribution in [-0.4, -0.2) is 57.0 Å². The molecule has 8 heteroatoms. The predicted molar refractivity (Wildman–Crippen MR) is 63.6 cm³/mol. The summed E-state index contributed by atoms with van der Waals surface area (Å²) in [4.78, 5) is 33.8. The fraction of sp³-hybridized carbons (Fsp3) is 0.250. The summed E-state index contributed by atoms with van der Waals surface area (Å²) in [6.45, 7) is 0. The van der Waals surface area contributed by atoms with Crippen LogP contribution >= 0.6 is 0 Å². The summed E-state index contributed by atoms with van der Waals surface area (Å²) in [6.07, 6.45) is -2.82. The molecule has 0 aromatic heterocycles. The molecule has 0 unspecified atom stereocenters. The second-order valence-corrected chi connectivity index (χ2v) is 3.84. The number of ether oxygens (including phenoxy) is 1. The number of carbonyl (C=O) groups excluding carboxylic acids is 1. The first-order valence-electron chi connectivity index (χ1n) is 5.31. The number of benzene rings is 1. The zero-order valence-corrected chi connectivity index (χ0v) is 10.3. The van der Waals surface area contributed by atoms with E-state index in [9.17, 15) is 24.6 Å². The van der Waals surface area contributed by atoms with Crippen molar-refractivity contribution < 1.29 is 39.5 Å². The van der Waals surface area contributed by atoms with Gasteiger partial charge >= 0.3 is 11.9 Å². The average molecular weight is 284 g/mol. The van der Waals surface area contributed by atoms with Crippen LogP contribution in [0.25, 0.3) is 0 Å². The molecule has 20 heavy (non-hydrogen) atoms. The van der Waals surface area contributed by atoms with Gasteiger partial charge in [-0.05, 0) is 12.1 Å². The van der Waals surface area contributed by atoms with E-state index in [1.54, 1.807) is 0 Å². The van der Waals surface area contributed by atoms with E-state index >= 15 is 0 Å². The van der Waals surface area contributed by atoms with Crippen molar-refractivity contribution in [2.75, 3.05) is 7.11 Å². The zero-order valence-electron chi connectivity index (χ0n) is 10.3. The number of hydrogen-bond donors (Lipinski definition) is 4. The highest BCUT2D eigenvalue weighted by molar-refractivity contribution is 6.18. The number of carboxylic acids is 2. The molecule has 1 rings (SSSR count). The Hall–Kier alpha value is -2.45. The van der Waals surface area contributed by atoms with E-state index in [0.29, 0.717) is 0 Å². The topological polar surface area (TPSA) is 141 Å². The van der Waals surface area contributed by atoms with Crippen molar-refractivity contribution in [3.8, 4) is 5.75 Å². The number of rotatable bonds is 6. The molecule has 0 bridgehead atoms. The van der Waals surface area contributed by atoms with Crippen LogP contribution in [0.3, 0.4) is 0 Å². The highest BCUT2D eigenvalue weighted by Crippen LogP contribution is 2.25. The minimum Gasteiger partial charge on any atom is -0.496 e. The molecule has 2 atom stereocenters. The maximum absolute atomic E-state index is 12.1. The highest BCUT2D eigenvalue weighted by atomic mass is 16.5. The molecule has 0 aliphatic rings. The third-order valence-electron chi connectivity index (χ3n) is 2.65. The Bertz CT molecular complexity index is 552. The van der Waals surface area contributed by atoms with Crippen molar-refractivity contribution in [2.45, 2.75) is 11.7 Å². The van der Waals surface area contributed by atoms with Gasteiger partial charge in [-0.15, -0.1) is 0 Å². The van der Waals surface area contributed by atoms with E-state index in [4.69, 9.17) is 14.9 Å². The second-order valence-electron chi connectivity index (χ2n) is 3.84. The SMILES string of the molecule is COc1ccccc1C(=O)[C@](O)(C(=O)O)[C@@H](O)C(=O)O. The Morgan fingerprint density at radius 1 is 1.20 bits per heavy atom. The molecule has 1 aromatic carbocycles. The van der Waals surface area contributed by atoms with Crippen LogP contribution in [0, 0.1) is 0 Å². The minimum atomic E-state index is -3.51. The standard InChI is InChI=1S/C12H12O8/c1-20-7-5-3-2-4-6(7)8(13)12(19,11(17)18)9(14)10(15)16/h2-5,9,14,19H,1H3,(H,15,16)(H,17,18)/t9-,12+/m0/s1. The van der Waals surface area contributed by atoms with Gasteiger partial charge < -0.3 is 25.2 Å². The summed E-state index contributed by atoms with van der Waals surface area (Å²) in [7, 11) is 1.21. The van der Waals surface area contributed by atoms with Gasteiger partial charge in [0.2, 0.25) is 5.78 Å². The van der Waals surface area contributed by atoms with Gasteiger partial charge in [-0.25, -0.2) is 9.59 Å². The summed E-state index contributed by atoms with van der Waals surface area (Å²) < 4.78 is 4.83. The zero-order chi connectivity index (χ0) is 15.5. The third kappa shape index (κ3) is 2.46. The fourth-order valence-electron chi connectivity index (χ4n) is 1.55. The Balaban J connectivity index is 3.39. The van der Waals surface area contributed by atoms with Crippen LogP contribution in [-0.2, 0) is 9.59 Å². The van der Waals surface area contributed by atoms with Crippen molar-refractivity contribution in [3.63, 3.8) is 0 Å². The molecule has 0 saturated heterocycles. The number of carbonyl (C=O) groups is 3. The minimum absolute atomic E-state index is 0.0604. The molecule has 0 aliphatic heterocycles. The van der Waals surface area contributed by atoms with Gasteiger partial charge in [0.1, 0.15) is 5.75 Å². The lowest BCUT2D eigenvalue weighted by Gasteiger charge is -2.25. The molecule has 0 spiro atoms. The maximum Gasteiger partial charge on any atom is 0.347 e. The summed E-state index contributed by atoms with van der Waals surface area (Å²) in [6, 6.07) is 5.32. The molecule has 4 N–H and O–H groups in total. The van der Waals surface area contributed by atoms with Crippen LogP contribution in [0.2, 0.25) is 0 Å². The first-order chi connectivity index (χ1) is 9.26. The number of carboxylic acid groups (broad SMARTS) is 2. The molecule has 0 radical (unpaired) electrons. The fourth-order valence-corrected chi connectivity index (χ4v) is 1.55. The van der Waals surface area contributed by atoms with Crippen LogP contribution in [0.5, 0.6) is 5.75 Å². The molecule has 1 aromatic rings. The molecular weight excluding hydrogens is 272 g/mol. The molecule has 0 heterocycles. The first kappa shape index (κ1) is 15.6. The van der Waals surface area contributed by atoms with Crippen LogP contribution in [0.1, 0.15) is 10.4 Å². The molecule has 0 aliphatic carbocycles. The van der Waals surface area contributed by atoms with Gasteiger partial charge in [0.25, 0.3) is 5.60 Å². The van der Waals surface area contributed by atoms with Gasteiger partial charge in [0.15, 0.2) is 6.10 Å². The van der Waals surface area contributed by atoms with Crippen molar-refractivity contribution >= 4 is 17.7 Å².